The van der Waals surface area contributed by atoms with Gasteiger partial charge in [-0.15, -0.1) is 0 Å². The maximum atomic E-state index is 5.83. The predicted octanol–water partition coefficient (Wildman–Crippen LogP) is 1.79. The minimum absolute atomic E-state index is 0.494. The Bertz CT molecular complexity index is 443. The molecule has 1 atom stereocenters. The Morgan fingerprint density at radius 2 is 2.39 bits per heavy atom. The summed E-state index contributed by atoms with van der Waals surface area (Å²) in [7, 11) is 5.34. The first-order valence-corrected chi connectivity index (χ1v) is 6.23. The highest BCUT2D eigenvalue weighted by molar-refractivity contribution is 5.97. The first kappa shape index (κ1) is 12.9. The van der Waals surface area contributed by atoms with E-state index in [4.69, 9.17) is 9.47 Å². The van der Waals surface area contributed by atoms with Gasteiger partial charge in [-0.1, -0.05) is 12.1 Å². The maximum absolute atomic E-state index is 5.83. The number of fused-ring (bicyclic) bond motifs is 1. The van der Waals surface area contributed by atoms with E-state index in [2.05, 4.69) is 16.4 Å². The third kappa shape index (κ3) is 2.34. The lowest BCUT2D eigenvalue weighted by Gasteiger charge is -2.27. The van der Waals surface area contributed by atoms with Crippen molar-refractivity contribution in [2.45, 2.75) is 12.3 Å². The van der Waals surface area contributed by atoms with Crippen LogP contribution in [0.15, 0.2) is 23.2 Å². The van der Waals surface area contributed by atoms with Crippen LogP contribution in [0.3, 0.4) is 0 Å². The van der Waals surface area contributed by atoms with E-state index in [0.29, 0.717) is 11.8 Å². The second-order valence-corrected chi connectivity index (χ2v) is 4.35. The van der Waals surface area contributed by atoms with Crippen molar-refractivity contribution in [2.24, 2.45) is 4.99 Å². The van der Waals surface area contributed by atoms with Crippen LogP contribution in [0.5, 0.6) is 5.75 Å². The molecule has 4 nitrogen and oxygen atoms in total. The van der Waals surface area contributed by atoms with Gasteiger partial charge in [-0.05, 0) is 25.1 Å². The normalized spacial score (nSPS) is 19.1. The molecule has 0 bridgehead atoms. The van der Waals surface area contributed by atoms with Crippen molar-refractivity contribution in [1.82, 2.24) is 5.32 Å². The standard InChI is InChI=1S/C14H20N2O2/c1-15-9-10-7-8-18-13-11(10)5-4-6-12(13)14(16-2)17-3/h4-6,10,15H,7-9H2,1-3H3. The van der Waals surface area contributed by atoms with Crippen LogP contribution in [0.2, 0.25) is 0 Å². The summed E-state index contributed by atoms with van der Waals surface area (Å²) < 4.78 is 11.1. The van der Waals surface area contributed by atoms with Crippen molar-refractivity contribution in [3.8, 4) is 5.75 Å². The van der Waals surface area contributed by atoms with Crippen LogP contribution >= 0.6 is 0 Å². The number of hydrogen-bond donors (Lipinski definition) is 1. The number of benzene rings is 1. The molecule has 4 heteroatoms. The number of para-hydroxylation sites is 1. The molecule has 0 fully saturated rings. The Hall–Kier alpha value is -1.55. The van der Waals surface area contributed by atoms with Crippen LogP contribution in [-0.2, 0) is 4.74 Å². The van der Waals surface area contributed by atoms with Crippen molar-refractivity contribution in [3.63, 3.8) is 0 Å². The molecule has 0 amide bonds. The van der Waals surface area contributed by atoms with E-state index in [9.17, 15) is 0 Å². The molecular formula is C14H20N2O2. The van der Waals surface area contributed by atoms with Gasteiger partial charge in [0, 0.05) is 19.5 Å². The fraction of sp³-hybridized carbons (Fsp3) is 0.500. The number of nitrogens with zero attached hydrogens (tertiary/aromatic N) is 1. The van der Waals surface area contributed by atoms with Crippen molar-refractivity contribution in [2.75, 3.05) is 34.4 Å². The van der Waals surface area contributed by atoms with E-state index >= 15 is 0 Å². The number of methoxy groups -OCH3 is 1. The van der Waals surface area contributed by atoms with Gasteiger partial charge in [0.25, 0.3) is 0 Å². The molecule has 0 saturated carbocycles. The third-order valence-electron chi connectivity index (χ3n) is 3.28. The molecule has 0 radical (unpaired) electrons. The second kappa shape index (κ2) is 5.87. The highest BCUT2D eigenvalue weighted by Crippen LogP contribution is 2.36. The lowest BCUT2D eigenvalue weighted by Crippen LogP contribution is -2.24. The van der Waals surface area contributed by atoms with E-state index in [0.717, 1.165) is 30.9 Å². The van der Waals surface area contributed by atoms with E-state index in [1.165, 1.54) is 5.56 Å². The van der Waals surface area contributed by atoms with Crippen LogP contribution in [0, 0.1) is 0 Å². The molecule has 1 aromatic carbocycles. The Morgan fingerprint density at radius 3 is 3.06 bits per heavy atom. The third-order valence-corrected chi connectivity index (χ3v) is 3.28. The molecule has 18 heavy (non-hydrogen) atoms. The first-order valence-electron chi connectivity index (χ1n) is 6.23. The quantitative estimate of drug-likeness (QED) is 0.655. The van der Waals surface area contributed by atoms with Crippen LogP contribution < -0.4 is 10.1 Å². The molecular weight excluding hydrogens is 228 g/mol. The van der Waals surface area contributed by atoms with Gasteiger partial charge in [0.2, 0.25) is 5.90 Å². The van der Waals surface area contributed by atoms with Crippen molar-refractivity contribution < 1.29 is 9.47 Å². The Morgan fingerprint density at radius 1 is 1.56 bits per heavy atom. The maximum Gasteiger partial charge on any atom is 0.219 e. The van der Waals surface area contributed by atoms with Crippen LogP contribution in [0.4, 0.5) is 0 Å². The lowest BCUT2D eigenvalue weighted by molar-refractivity contribution is 0.264. The lowest BCUT2D eigenvalue weighted by atomic mass is 9.91. The van der Waals surface area contributed by atoms with Gasteiger partial charge in [-0.2, -0.15) is 0 Å². The van der Waals surface area contributed by atoms with Gasteiger partial charge in [0.05, 0.1) is 19.3 Å². The average Bonchev–Trinajstić information content (AvgIpc) is 2.41. The zero-order valence-corrected chi connectivity index (χ0v) is 11.2. The second-order valence-electron chi connectivity index (χ2n) is 4.35. The predicted molar refractivity (Wildman–Crippen MR) is 72.7 cm³/mol. The summed E-state index contributed by atoms with van der Waals surface area (Å²) in [6.07, 6.45) is 1.04. The molecule has 1 aliphatic rings. The van der Waals surface area contributed by atoms with Crippen molar-refractivity contribution >= 4 is 5.90 Å². The van der Waals surface area contributed by atoms with Crippen molar-refractivity contribution in [3.05, 3.63) is 29.3 Å². The van der Waals surface area contributed by atoms with Gasteiger partial charge >= 0.3 is 0 Å². The SMILES string of the molecule is CN=C(OC)c1cccc2c1OCCC2CNC. The molecule has 1 heterocycles. The van der Waals surface area contributed by atoms with E-state index < -0.39 is 0 Å². The smallest absolute Gasteiger partial charge is 0.219 e. The Balaban J connectivity index is 2.43. The van der Waals surface area contributed by atoms with Crippen LogP contribution in [0.25, 0.3) is 0 Å². The van der Waals surface area contributed by atoms with E-state index in [1.807, 2.05) is 19.2 Å². The summed E-state index contributed by atoms with van der Waals surface area (Å²) >= 11 is 0. The van der Waals surface area contributed by atoms with E-state index in [1.54, 1.807) is 14.2 Å². The molecule has 0 spiro atoms. The summed E-state index contributed by atoms with van der Waals surface area (Å²) in [6.45, 7) is 1.71. The molecule has 0 saturated heterocycles. The topological polar surface area (TPSA) is 42.9 Å². The summed E-state index contributed by atoms with van der Waals surface area (Å²) in [4.78, 5) is 4.15. The molecule has 1 unspecified atom stereocenters. The largest absolute Gasteiger partial charge is 0.492 e. The van der Waals surface area contributed by atoms with Gasteiger partial charge in [0.1, 0.15) is 5.75 Å². The highest BCUT2D eigenvalue weighted by atomic mass is 16.5. The monoisotopic (exact) mass is 248 g/mol. The molecule has 1 N–H and O–H groups in total. The summed E-state index contributed by atoms with van der Waals surface area (Å²) in [6, 6.07) is 6.16. The summed E-state index contributed by atoms with van der Waals surface area (Å²) in [5.74, 6) is 2.04. The number of aliphatic imine (C=N–C) groups is 1. The Kier molecular flexibility index (Phi) is 4.20. The first-order chi connectivity index (χ1) is 8.81. The van der Waals surface area contributed by atoms with Crippen LogP contribution in [0.1, 0.15) is 23.5 Å². The zero-order chi connectivity index (χ0) is 13.0. The molecule has 2 rings (SSSR count). The summed E-state index contributed by atoms with van der Waals surface area (Å²) in [5.41, 5.74) is 2.18. The number of nitrogens with one attached hydrogen (secondary N) is 1. The van der Waals surface area contributed by atoms with E-state index in [-0.39, 0.29) is 0 Å². The van der Waals surface area contributed by atoms with Gasteiger partial charge < -0.3 is 14.8 Å². The fourth-order valence-corrected chi connectivity index (χ4v) is 2.44. The average molecular weight is 248 g/mol. The van der Waals surface area contributed by atoms with Gasteiger partial charge in [-0.3, -0.25) is 4.99 Å². The highest BCUT2D eigenvalue weighted by Gasteiger charge is 2.24. The number of ether oxygens (including phenoxy) is 2. The molecule has 1 aliphatic heterocycles. The molecule has 1 aromatic rings. The number of rotatable bonds is 3. The molecule has 98 valence electrons. The van der Waals surface area contributed by atoms with Crippen molar-refractivity contribution in [1.29, 1.82) is 0 Å². The fourth-order valence-electron chi connectivity index (χ4n) is 2.44. The molecule has 0 aliphatic carbocycles. The summed E-state index contributed by atoms with van der Waals surface area (Å²) in [5, 5.41) is 3.24. The van der Waals surface area contributed by atoms with Crippen LogP contribution in [-0.4, -0.2) is 40.3 Å². The minimum Gasteiger partial charge on any atom is -0.492 e. The Labute approximate surface area is 108 Å². The van der Waals surface area contributed by atoms with Gasteiger partial charge in [0.15, 0.2) is 0 Å². The van der Waals surface area contributed by atoms with Gasteiger partial charge in [-0.25, -0.2) is 0 Å². The number of hydrogen-bond acceptors (Lipinski definition) is 4. The molecule has 0 aromatic heterocycles. The minimum atomic E-state index is 0.494. The zero-order valence-electron chi connectivity index (χ0n) is 11.2. The number of likely N-dealkylation sites (N-methyl/N-ethyl adjacent to an activating group) is 1.